The van der Waals surface area contributed by atoms with Crippen LogP contribution in [-0.2, 0) is 34.8 Å². The molecule has 0 spiro atoms. The molecule has 0 aromatic rings. The van der Waals surface area contributed by atoms with Crippen LogP contribution in [0.4, 0.5) is 0 Å². The van der Waals surface area contributed by atoms with Gasteiger partial charge in [-0.3, -0.25) is 0 Å². The van der Waals surface area contributed by atoms with Crippen LogP contribution in [0.5, 0.6) is 0 Å². The van der Waals surface area contributed by atoms with E-state index < -0.39 is 24.1 Å². The number of aliphatic hydroxyl groups excluding tert-OH is 1. The maximum absolute atomic E-state index is 9.74. The van der Waals surface area contributed by atoms with Crippen LogP contribution in [0.15, 0.2) is 0 Å². The Balaban J connectivity index is 0.000000363. The predicted molar refractivity (Wildman–Crippen MR) is 90.3 cm³/mol. The molecule has 3 fully saturated rings. The van der Waals surface area contributed by atoms with Crippen molar-refractivity contribution in [3.8, 4) is 0 Å². The number of rotatable bonds is 1. The van der Waals surface area contributed by atoms with Gasteiger partial charge in [0, 0.05) is 32.3 Å². The molecule has 2 saturated heterocycles. The Kier molecular flexibility index (Phi) is 15.3. The van der Waals surface area contributed by atoms with Gasteiger partial charge in [-0.15, -0.1) is 0 Å². The molecule has 3 rings (SSSR count). The fourth-order valence-corrected chi connectivity index (χ4v) is 3.20. The summed E-state index contributed by atoms with van der Waals surface area (Å²) >= 11 is -2.03. The molecule has 0 amide bonds. The van der Waals surface area contributed by atoms with Crippen molar-refractivity contribution in [1.82, 2.24) is 0 Å². The van der Waals surface area contributed by atoms with Crippen molar-refractivity contribution in [1.29, 1.82) is 0 Å². The van der Waals surface area contributed by atoms with E-state index in [-0.39, 0.29) is 12.0 Å². The summed E-state index contributed by atoms with van der Waals surface area (Å²) in [6, 6.07) is 0. The molecule has 0 unspecified atom stereocenters. The normalized spacial score (nSPS) is 28.4. The minimum absolute atomic E-state index is 0.0636. The van der Waals surface area contributed by atoms with E-state index in [1.807, 2.05) is 0 Å². The molecule has 6 nitrogen and oxygen atoms in total. The predicted octanol–water partition coefficient (Wildman–Crippen LogP) is 2.91. The van der Waals surface area contributed by atoms with E-state index >= 15 is 0 Å². The van der Waals surface area contributed by atoms with Gasteiger partial charge in [-0.1, -0.05) is 13.3 Å². The fraction of sp³-hybridized carbons (Fsp3) is 1.00. The average Bonchev–Trinajstić information content (AvgIpc) is 3.26. The quantitative estimate of drug-likeness (QED) is 0.605. The summed E-state index contributed by atoms with van der Waals surface area (Å²) in [5, 5.41) is 19.5. The SMILES string of the molecule is C1CCOC1.C1CCOC1.C[C@@H]1CC[C@@H](C(C)(C)O)[C@@H](O)C1.[O]=[Mo]=[O]. The van der Waals surface area contributed by atoms with E-state index in [1.54, 1.807) is 13.8 Å². The standard InChI is InChI=1S/C10H20O2.2C4H8O.Mo.2O/c1-7-4-5-8(9(11)6-7)10(2,3)12;2*1-2-4-5-3-1;;;/h7-9,11-12H,4-6H2,1-3H3;2*1-4H2;;;/t7-,8-,9+;;;;;/m1...../s1. The molecular weight excluding hydrogens is 408 g/mol. The number of hydrogen-bond acceptors (Lipinski definition) is 6. The third-order valence-corrected chi connectivity index (χ3v) is 4.64. The van der Waals surface area contributed by atoms with Crippen LogP contribution in [0.3, 0.4) is 0 Å². The molecule has 0 aromatic heterocycles. The molecule has 0 aromatic carbocycles. The summed E-state index contributed by atoms with van der Waals surface area (Å²) in [5.74, 6) is 0.673. The molecule has 150 valence electrons. The average molecular weight is 444 g/mol. The Morgan fingerprint density at radius 2 is 1.32 bits per heavy atom. The van der Waals surface area contributed by atoms with E-state index in [0.29, 0.717) is 5.92 Å². The van der Waals surface area contributed by atoms with Crippen LogP contribution in [0.25, 0.3) is 0 Å². The molecule has 25 heavy (non-hydrogen) atoms. The van der Waals surface area contributed by atoms with E-state index in [0.717, 1.165) is 45.7 Å². The zero-order chi connectivity index (χ0) is 19.1. The number of aliphatic hydroxyl groups is 2. The molecular formula is C18H36MoO6. The van der Waals surface area contributed by atoms with Gasteiger partial charge in [-0.25, -0.2) is 0 Å². The molecule has 7 heteroatoms. The number of hydrogen-bond donors (Lipinski definition) is 2. The third kappa shape index (κ3) is 13.9. The van der Waals surface area contributed by atoms with E-state index in [1.165, 1.54) is 25.7 Å². The van der Waals surface area contributed by atoms with E-state index in [4.69, 9.17) is 16.3 Å². The topological polar surface area (TPSA) is 93.1 Å². The molecule has 3 atom stereocenters. The van der Waals surface area contributed by atoms with Crippen molar-refractivity contribution < 1.29 is 45.0 Å². The molecule has 3 aliphatic rings. The first-order chi connectivity index (χ1) is 11.8. The second kappa shape index (κ2) is 15.2. The monoisotopic (exact) mass is 446 g/mol. The molecule has 2 N–H and O–H groups in total. The second-order valence-electron chi connectivity index (χ2n) is 7.45. The van der Waals surface area contributed by atoms with Crippen LogP contribution >= 0.6 is 0 Å². The molecule has 2 heterocycles. The van der Waals surface area contributed by atoms with Crippen molar-refractivity contribution in [3.63, 3.8) is 0 Å². The van der Waals surface area contributed by atoms with Crippen LogP contribution in [0.2, 0.25) is 0 Å². The summed E-state index contributed by atoms with van der Waals surface area (Å²) < 4.78 is 26.9. The van der Waals surface area contributed by atoms with Gasteiger partial charge in [0.2, 0.25) is 0 Å². The Morgan fingerprint density at radius 1 is 0.920 bits per heavy atom. The van der Waals surface area contributed by atoms with Gasteiger partial charge in [0.05, 0.1) is 11.7 Å². The first kappa shape index (κ1) is 25.1. The first-order valence-corrected chi connectivity index (χ1v) is 10.9. The molecule has 0 radical (unpaired) electrons. The van der Waals surface area contributed by atoms with Gasteiger partial charge in [0.25, 0.3) is 0 Å². The van der Waals surface area contributed by atoms with Gasteiger partial charge < -0.3 is 19.7 Å². The van der Waals surface area contributed by atoms with Crippen molar-refractivity contribution >= 4 is 0 Å². The summed E-state index contributed by atoms with van der Waals surface area (Å²) in [7, 11) is 0. The van der Waals surface area contributed by atoms with Gasteiger partial charge >= 0.3 is 25.3 Å². The zero-order valence-corrected chi connectivity index (χ0v) is 18.0. The molecule has 1 aliphatic carbocycles. The minimum atomic E-state index is -2.03. The van der Waals surface area contributed by atoms with Crippen LogP contribution in [0.1, 0.15) is 65.7 Å². The fourth-order valence-electron chi connectivity index (χ4n) is 3.20. The van der Waals surface area contributed by atoms with Crippen molar-refractivity contribution in [3.05, 3.63) is 0 Å². The summed E-state index contributed by atoms with van der Waals surface area (Å²) in [4.78, 5) is 0. The Labute approximate surface area is 160 Å². The second-order valence-corrected chi connectivity index (χ2v) is 7.79. The van der Waals surface area contributed by atoms with Gasteiger partial charge in [-0.2, -0.15) is 0 Å². The Morgan fingerprint density at radius 3 is 1.56 bits per heavy atom. The van der Waals surface area contributed by atoms with Crippen molar-refractivity contribution in [2.24, 2.45) is 11.8 Å². The third-order valence-electron chi connectivity index (χ3n) is 4.64. The zero-order valence-electron chi connectivity index (χ0n) is 15.9. The van der Waals surface area contributed by atoms with Crippen molar-refractivity contribution in [2.45, 2.75) is 77.4 Å². The van der Waals surface area contributed by atoms with Gasteiger partial charge in [0.1, 0.15) is 0 Å². The van der Waals surface area contributed by atoms with Crippen LogP contribution in [-0.4, -0.2) is 48.3 Å². The van der Waals surface area contributed by atoms with Gasteiger partial charge in [0.15, 0.2) is 0 Å². The van der Waals surface area contributed by atoms with Crippen molar-refractivity contribution in [2.75, 3.05) is 26.4 Å². The number of ether oxygens (including phenoxy) is 2. The molecule has 0 bridgehead atoms. The maximum atomic E-state index is 9.74. The summed E-state index contributed by atoms with van der Waals surface area (Å²) in [6.07, 6.45) is 7.72. The van der Waals surface area contributed by atoms with E-state index in [9.17, 15) is 10.2 Å². The van der Waals surface area contributed by atoms with Gasteiger partial charge in [-0.05, 0) is 58.3 Å². The van der Waals surface area contributed by atoms with Crippen LogP contribution in [0, 0.1) is 11.8 Å². The Hall–Kier alpha value is 0.128. The van der Waals surface area contributed by atoms with E-state index in [2.05, 4.69) is 6.92 Å². The first-order valence-electron chi connectivity index (χ1n) is 9.30. The summed E-state index contributed by atoms with van der Waals surface area (Å²) in [6.45, 7) is 9.73. The Bertz CT molecular complexity index is 319. The summed E-state index contributed by atoms with van der Waals surface area (Å²) in [5.41, 5.74) is -0.723. The molecule has 1 saturated carbocycles. The van der Waals surface area contributed by atoms with Crippen LogP contribution < -0.4 is 0 Å². The molecule has 2 aliphatic heterocycles.